The first-order chi connectivity index (χ1) is 11.7. The summed E-state index contributed by atoms with van der Waals surface area (Å²) in [4.78, 5) is 28.3. The van der Waals surface area contributed by atoms with Crippen LogP contribution in [0.4, 0.5) is 5.95 Å². The van der Waals surface area contributed by atoms with Crippen LogP contribution in [0.15, 0.2) is 18.5 Å². The maximum Gasteiger partial charge on any atom is 0.225 e. The fourth-order valence-corrected chi connectivity index (χ4v) is 4.12. The van der Waals surface area contributed by atoms with Gasteiger partial charge in [0.25, 0.3) is 0 Å². The number of carbonyl (C=O) groups excluding carboxylic acids is 1. The van der Waals surface area contributed by atoms with Gasteiger partial charge in [-0.2, -0.15) is 0 Å². The number of carbonyl (C=O) groups is 1. The van der Waals surface area contributed by atoms with Crippen molar-refractivity contribution >= 4 is 11.9 Å². The SMILES string of the molecule is CN1CCN(c2ncccn2)C[C@@]12CCC(=O)N(CC1CC1)CC2. The topological polar surface area (TPSA) is 52.6 Å². The van der Waals surface area contributed by atoms with E-state index in [0.717, 1.165) is 57.4 Å². The molecule has 1 amide bonds. The molecule has 0 unspecified atom stereocenters. The lowest BCUT2D eigenvalue weighted by atomic mass is 9.86. The Kier molecular flexibility index (Phi) is 4.16. The van der Waals surface area contributed by atoms with Crippen LogP contribution in [-0.4, -0.2) is 71.0 Å². The zero-order valence-electron chi connectivity index (χ0n) is 14.5. The average molecular weight is 329 g/mol. The lowest BCUT2D eigenvalue weighted by molar-refractivity contribution is -0.130. The molecular formula is C18H27N5O. The number of nitrogens with zero attached hydrogens (tertiary/aromatic N) is 5. The first kappa shape index (κ1) is 15.8. The van der Waals surface area contributed by atoms with Crippen molar-refractivity contribution in [3.63, 3.8) is 0 Å². The molecule has 1 aromatic heterocycles. The molecule has 6 nitrogen and oxygen atoms in total. The molecule has 1 saturated carbocycles. The van der Waals surface area contributed by atoms with Crippen LogP contribution in [0.1, 0.15) is 32.1 Å². The van der Waals surface area contributed by atoms with E-state index in [1.165, 1.54) is 12.8 Å². The number of likely N-dealkylation sites (tertiary alicyclic amines) is 1. The minimum Gasteiger partial charge on any atom is -0.342 e. The first-order valence-electron chi connectivity index (χ1n) is 9.17. The van der Waals surface area contributed by atoms with Crippen LogP contribution in [-0.2, 0) is 4.79 Å². The summed E-state index contributed by atoms with van der Waals surface area (Å²) in [5, 5.41) is 0. The fraction of sp³-hybridized carbons (Fsp3) is 0.722. The molecule has 6 heteroatoms. The molecular weight excluding hydrogens is 302 g/mol. The monoisotopic (exact) mass is 329 g/mol. The fourth-order valence-electron chi connectivity index (χ4n) is 4.12. The van der Waals surface area contributed by atoms with E-state index in [1.54, 1.807) is 12.4 Å². The highest BCUT2D eigenvalue weighted by molar-refractivity contribution is 5.76. The molecule has 0 radical (unpaired) electrons. The Bertz CT molecular complexity index is 590. The zero-order valence-corrected chi connectivity index (χ0v) is 14.5. The van der Waals surface area contributed by atoms with Crippen molar-refractivity contribution in [2.24, 2.45) is 5.92 Å². The van der Waals surface area contributed by atoms with Crippen molar-refractivity contribution in [3.8, 4) is 0 Å². The average Bonchev–Trinajstić information content (AvgIpc) is 3.44. The molecule has 3 fully saturated rings. The number of aromatic nitrogens is 2. The minimum absolute atomic E-state index is 0.0609. The third-order valence-electron chi connectivity index (χ3n) is 6.01. The van der Waals surface area contributed by atoms with Gasteiger partial charge in [0.2, 0.25) is 11.9 Å². The second-order valence-corrected chi connectivity index (χ2v) is 7.65. The van der Waals surface area contributed by atoms with Crippen molar-refractivity contribution in [2.45, 2.75) is 37.6 Å². The van der Waals surface area contributed by atoms with E-state index in [4.69, 9.17) is 0 Å². The van der Waals surface area contributed by atoms with Crippen LogP contribution in [0.2, 0.25) is 0 Å². The predicted molar refractivity (Wildman–Crippen MR) is 92.8 cm³/mol. The Morgan fingerprint density at radius 3 is 2.71 bits per heavy atom. The Balaban J connectivity index is 1.50. The van der Waals surface area contributed by atoms with Crippen LogP contribution in [0, 0.1) is 5.92 Å². The number of hydrogen-bond acceptors (Lipinski definition) is 5. The molecule has 3 heterocycles. The summed E-state index contributed by atoms with van der Waals surface area (Å²) >= 11 is 0. The number of piperazine rings is 1. The quantitative estimate of drug-likeness (QED) is 0.839. The molecule has 1 spiro atoms. The predicted octanol–water partition coefficient (Wildman–Crippen LogP) is 1.39. The van der Waals surface area contributed by atoms with E-state index in [2.05, 4.69) is 31.7 Å². The number of hydrogen-bond donors (Lipinski definition) is 0. The van der Waals surface area contributed by atoms with Crippen LogP contribution in [0.25, 0.3) is 0 Å². The summed E-state index contributed by atoms with van der Waals surface area (Å²) < 4.78 is 0. The van der Waals surface area contributed by atoms with E-state index in [-0.39, 0.29) is 5.54 Å². The maximum absolute atomic E-state index is 12.5. The largest absolute Gasteiger partial charge is 0.342 e. The number of anilines is 1. The van der Waals surface area contributed by atoms with Crippen LogP contribution in [0.3, 0.4) is 0 Å². The van der Waals surface area contributed by atoms with E-state index < -0.39 is 0 Å². The lowest BCUT2D eigenvalue weighted by Crippen LogP contribution is -2.61. The highest BCUT2D eigenvalue weighted by atomic mass is 16.2. The summed E-state index contributed by atoms with van der Waals surface area (Å²) in [5.41, 5.74) is 0.0609. The van der Waals surface area contributed by atoms with Gasteiger partial charge < -0.3 is 9.80 Å². The lowest BCUT2D eigenvalue weighted by Gasteiger charge is -2.49. The van der Waals surface area contributed by atoms with Crippen molar-refractivity contribution in [1.29, 1.82) is 0 Å². The standard InChI is InChI=1S/C18H27N5O/c1-21-11-12-23(17-19-8-2-9-20-17)14-18(21)6-5-16(24)22(10-7-18)13-15-3-4-15/h2,8-9,15H,3-7,10-14H2,1H3/t18-/m0/s1. The van der Waals surface area contributed by atoms with Gasteiger partial charge >= 0.3 is 0 Å². The smallest absolute Gasteiger partial charge is 0.225 e. The Morgan fingerprint density at radius 2 is 1.96 bits per heavy atom. The molecule has 0 bridgehead atoms. The molecule has 2 aliphatic heterocycles. The zero-order chi connectivity index (χ0) is 16.6. The van der Waals surface area contributed by atoms with Crippen molar-refractivity contribution < 1.29 is 4.79 Å². The van der Waals surface area contributed by atoms with E-state index >= 15 is 0 Å². The van der Waals surface area contributed by atoms with Gasteiger partial charge in [0.05, 0.1) is 0 Å². The summed E-state index contributed by atoms with van der Waals surface area (Å²) in [6.45, 7) is 4.72. The van der Waals surface area contributed by atoms with E-state index in [9.17, 15) is 4.79 Å². The Labute approximate surface area is 143 Å². The van der Waals surface area contributed by atoms with Gasteiger partial charge in [-0.1, -0.05) is 0 Å². The number of amides is 1. The van der Waals surface area contributed by atoms with Crippen LogP contribution < -0.4 is 4.90 Å². The van der Waals surface area contributed by atoms with Gasteiger partial charge in [0, 0.05) is 57.1 Å². The maximum atomic E-state index is 12.5. The van der Waals surface area contributed by atoms with Crippen molar-refractivity contribution in [3.05, 3.63) is 18.5 Å². The first-order valence-corrected chi connectivity index (χ1v) is 9.17. The highest BCUT2D eigenvalue weighted by Crippen LogP contribution is 2.35. The highest BCUT2D eigenvalue weighted by Gasteiger charge is 2.43. The summed E-state index contributed by atoms with van der Waals surface area (Å²) in [6, 6.07) is 1.86. The van der Waals surface area contributed by atoms with Crippen molar-refractivity contribution in [1.82, 2.24) is 19.8 Å². The third kappa shape index (κ3) is 3.11. The molecule has 1 atom stereocenters. The van der Waals surface area contributed by atoms with Gasteiger partial charge in [-0.15, -0.1) is 0 Å². The van der Waals surface area contributed by atoms with E-state index in [0.29, 0.717) is 12.3 Å². The van der Waals surface area contributed by atoms with Gasteiger partial charge in [0.15, 0.2) is 0 Å². The van der Waals surface area contributed by atoms with Crippen LogP contribution >= 0.6 is 0 Å². The summed E-state index contributed by atoms with van der Waals surface area (Å²) in [7, 11) is 2.21. The normalized spacial score (nSPS) is 29.1. The Morgan fingerprint density at radius 1 is 1.17 bits per heavy atom. The third-order valence-corrected chi connectivity index (χ3v) is 6.01. The summed E-state index contributed by atoms with van der Waals surface area (Å²) in [5.74, 6) is 1.93. The van der Waals surface area contributed by atoms with Crippen molar-refractivity contribution in [2.75, 3.05) is 44.7 Å². The van der Waals surface area contributed by atoms with Gasteiger partial charge in [-0.3, -0.25) is 9.69 Å². The molecule has 130 valence electrons. The molecule has 1 aliphatic carbocycles. The molecule has 0 aromatic carbocycles. The molecule has 4 rings (SSSR count). The summed E-state index contributed by atoms with van der Waals surface area (Å²) in [6.07, 6.45) is 8.86. The molecule has 2 saturated heterocycles. The molecule has 1 aromatic rings. The molecule has 0 N–H and O–H groups in total. The second-order valence-electron chi connectivity index (χ2n) is 7.65. The molecule has 24 heavy (non-hydrogen) atoms. The minimum atomic E-state index is 0.0609. The van der Waals surface area contributed by atoms with Gasteiger partial charge in [-0.25, -0.2) is 9.97 Å². The van der Waals surface area contributed by atoms with Gasteiger partial charge in [-0.05, 0) is 44.7 Å². The van der Waals surface area contributed by atoms with Crippen LogP contribution in [0.5, 0.6) is 0 Å². The second kappa shape index (κ2) is 6.31. The number of likely N-dealkylation sites (N-methyl/N-ethyl adjacent to an activating group) is 1. The molecule has 3 aliphatic rings. The van der Waals surface area contributed by atoms with Gasteiger partial charge in [0.1, 0.15) is 0 Å². The number of rotatable bonds is 3. The Hall–Kier alpha value is -1.69. The van der Waals surface area contributed by atoms with E-state index in [1.807, 2.05) is 6.07 Å².